The maximum absolute atomic E-state index is 10.2. The van der Waals surface area contributed by atoms with Crippen molar-refractivity contribution in [3.8, 4) is 6.07 Å². The van der Waals surface area contributed by atoms with E-state index in [2.05, 4.69) is 54.4 Å². The number of hydrogen-bond acceptors (Lipinski definition) is 4. The molecule has 4 nitrogen and oxygen atoms in total. The number of aliphatic hydroxyl groups excluding tert-OH is 1. The van der Waals surface area contributed by atoms with E-state index in [4.69, 9.17) is 5.26 Å². The van der Waals surface area contributed by atoms with Gasteiger partial charge in [0.15, 0.2) is 0 Å². The Morgan fingerprint density at radius 1 is 1.30 bits per heavy atom. The first-order valence-electron chi connectivity index (χ1n) is 8.63. The Hall–Kier alpha value is -1.41. The van der Waals surface area contributed by atoms with Gasteiger partial charge in [-0.15, -0.1) is 0 Å². The van der Waals surface area contributed by atoms with Gasteiger partial charge >= 0.3 is 0 Å². The second-order valence-electron chi connectivity index (χ2n) is 7.06. The van der Waals surface area contributed by atoms with Crippen LogP contribution in [-0.4, -0.2) is 41.8 Å². The molecule has 4 heteroatoms. The topological polar surface area (TPSA) is 59.3 Å². The second-order valence-corrected chi connectivity index (χ2v) is 7.06. The molecule has 0 aromatic heterocycles. The molecule has 126 valence electrons. The monoisotopic (exact) mass is 315 g/mol. The van der Waals surface area contributed by atoms with Crippen LogP contribution in [0.25, 0.3) is 0 Å². The lowest BCUT2D eigenvalue weighted by Crippen LogP contribution is -2.49. The number of nitriles is 1. The van der Waals surface area contributed by atoms with E-state index in [-0.39, 0.29) is 12.0 Å². The molecule has 1 saturated heterocycles. The van der Waals surface area contributed by atoms with Gasteiger partial charge in [0.05, 0.1) is 18.7 Å². The van der Waals surface area contributed by atoms with Crippen LogP contribution in [0.3, 0.4) is 0 Å². The smallest absolute Gasteiger partial charge is 0.0866 e. The number of nitrogens with one attached hydrogen (secondary N) is 1. The first kappa shape index (κ1) is 17.9. The highest BCUT2D eigenvalue weighted by atomic mass is 16.3. The molecule has 1 fully saturated rings. The van der Waals surface area contributed by atoms with Crippen LogP contribution in [0, 0.1) is 23.2 Å². The third-order valence-corrected chi connectivity index (χ3v) is 4.69. The molecule has 1 aromatic rings. The average Bonchev–Trinajstić information content (AvgIpc) is 2.54. The number of benzene rings is 1. The summed E-state index contributed by atoms with van der Waals surface area (Å²) in [5.41, 5.74) is 1.28. The summed E-state index contributed by atoms with van der Waals surface area (Å²) in [5, 5.41) is 22.8. The highest BCUT2D eigenvalue weighted by molar-refractivity contribution is 5.14. The Morgan fingerprint density at radius 3 is 2.70 bits per heavy atom. The van der Waals surface area contributed by atoms with Crippen LogP contribution in [0.2, 0.25) is 0 Å². The maximum Gasteiger partial charge on any atom is 0.0866 e. The van der Waals surface area contributed by atoms with Crippen molar-refractivity contribution < 1.29 is 5.11 Å². The zero-order chi connectivity index (χ0) is 16.7. The second kappa shape index (κ2) is 9.02. The summed E-state index contributed by atoms with van der Waals surface area (Å²) < 4.78 is 0. The molecule has 0 saturated carbocycles. The van der Waals surface area contributed by atoms with Crippen LogP contribution < -0.4 is 5.32 Å². The van der Waals surface area contributed by atoms with Gasteiger partial charge in [-0.25, -0.2) is 0 Å². The van der Waals surface area contributed by atoms with E-state index in [0.29, 0.717) is 18.5 Å². The lowest BCUT2D eigenvalue weighted by molar-refractivity contribution is 0.0651. The third-order valence-electron chi connectivity index (χ3n) is 4.69. The van der Waals surface area contributed by atoms with Crippen molar-refractivity contribution in [2.24, 2.45) is 11.8 Å². The quantitative estimate of drug-likeness (QED) is 0.759. The number of aliphatic hydroxyl groups is 1. The predicted molar refractivity (Wildman–Crippen MR) is 92.7 cm³/mol. The highest BCUT2D eigenvalue weighted by Gasteiger charge is 2.28. The molecular weight excluding hydrogens is 286 g/mol. The summed E-state index contributed by atoms with van der Waals surface area (Å²) in [6.45, 7) is 7.27. The molecule has 3 unspecified atom stereocenters. The van der Waals surface area contributed by atoms with E-state index < -0.39 is 0 Å². The van der Waals surface area contributed by atoms with Gasteiger partial charge in [0, 0.05) is 25.7 Å². The van der Waals surface area contributed by atoms with Gasteiger partial charge in [0.25, 0.3) is 0 Å². The van der Waals surface area contributed by atoms with Crippen LogP contribution in [0.5, 0.6) is 0 Å². The summed E-state index contributed by atoms with van der Waals surface area (Å²) in [5.74, 6) is 0.736. The zero-order valence-corrected chi connectivity index (χ0v) is 14.3. The van der Waals surface area contributed by atoms with Crippen LogP contribution in [-0.2, 0) is 6.54 Å². The molecule has 0 aliphatic carbocycles. The van der Waals surface area contributed by atoms with Crippen molar-refractivity contribution in [1.82, 2.24) is 10.2 Å². The molecule has 2 N–H and O–H groups in total. The van der Waals surface area contributed by atoms with Gasteiger partial charge in [-0.3, -0.25) is 4.90 Å². The maximum atomic E-state index is 10.2. The molecule has 0 amide bonds. The first-order chi connectivity index (χ1) is 11.1. The molecule has 1 aromatic carbocycles. The van der Waals surface area contributed by atoms with Gasteiger partial charge in [-0.1, -0.05) is 44.2 Å². The Kier molecular flexibility index (Phi) is 7.04. The Balaban J connectivity index is 1.91. The minimum absolute atomic E-state index is 0.253. The van der Waals surface area contributed by atoms with Crippen molar-refractivity contribution in [1.29, 1.82) is 5.26 Å². The minimum atomic E-state index is -0.253. The van der Waals surface area contributed by atoms with Crippen molar-refractivity contribution in [2.45, 2.75) is 45.4 Å². The fraction of sp³-hybridized carbons (Fsp3) is 0.632. The Bertz CT molecular complexity index is 497. The van der Waals surface area contributed by atoms with Crippen LogP contribution in [0.4, 0.5) is 0 Å². The fourth-order valence-electron chi connectivity index (χ4n) is 3.32. The van der Waals surface area contributed by atoms with E-state index in [1.54, 1.807) is 0 Å². The Morgan fingerprint density at radius 2 is 2.04 bits per heavy atom. The van der Waals surface area contributed by atoms with Crippen LogP contribution in [0.15, 0.2) is 30.3 Å². The molecule has 0 bridgehead atoms. The molecule has 0 spiro atoms. The lowest BCUT2D eigenvalue weighted by atomic mass is 9.86. The molecule has 1 aliphatic rings. The summed E-state index contributed by atoms with van der Waals surface area (Å²) >= 11 is 0. The van der Waals surface area contributed by atoms with Crippen LogP contribution >= 0.6 is 0 Å². The van der Waals surface area contributed by atoms with Crippen molar-refractivity contribution in [3.63, 3.8) is 0 Å². The summed E-state index contributed by atoms with van der Waals surface area (Å²) in [6, 6.07) is 13.0. The van der Waals surface area contributed by atoms with Gasteiger partial charge in [0.2, 0.25) is 0 Å². The SMILES string of the molecule is CC(C)C(O)CC1CC(NCc2ccccc2)CN(CC#N)C1. The number of rotatable bonds is 7. The first-order valence-corrected chi connectivity index (χ1v) is 8.63. The van der Waals surface area contributed by atoms with Gasteiger partial charge in [-0.2, -0.15) is 5.26 Å². The van der Waals surface area contributed by atoms with E-state index in [0.717, 1.165) is 32.5 Å². The molecule has 2 rings (SSSR count). The largest absolute Gasteiger partial charge is 0.393 e. The summed E-state index contributed by atoms with van der Waals surface area (Å²) in [4.78, 5) is 2.21. The molecule has 1 heterocycles. The molecule has 0 radical (unpaired) electrons. The third kappa shape index (κ3) is 5.95. The van der Waals surface area contributed by atoms with Crippen molar-refractivity contribution in [3.05, 3.63) is 35.9 Å². The molecule has 1 aliphatic heterocycles. The fourth-order valence-corrected chi connectivity index (χ4v) is 3.32. The van der Waals surface area contributed by atoms with E-state index in [1.165, 1.54) is 5.56 Å². The van der Waals surface area contributed by atoms with Gasteiger partial charge in [0.1, 0.15) is 0 Å². The van der Waals surface area contributed by atoms with Crippen molar-refractivity contribution in [2.75, 3.05) is 19.6 Å². The zero-order valence-electron chi connectivity index (χ0n) is 14.3. The molecule has 3 atom stereocenters. The minimum Gasteiger partial charge on any atom is -0.393 e. The lowest BCUT2D eigenvalue weighted by Gasteiger charge is -2.38. The molecule has 23 heavy (non-hydrogen) atoms. The number of piperidine rings is 1. The predicted octanol–water partition coefficient (Wildman–Crippen LogP) is 2.40. The average molecular weight is 315 g/mol. The summed E-state index contributed by atoms with van der Waals surface area (Å²) in [6.07, 6.45) is 1.64. The van der Waals surface area contributed by atoms with E-state index >= 15 is 0 Å². The number of hydrogen-bond donors (Lipinski definition) is 2. The van der Waals surface area contributed by atoms with Gasteiger partial charge < -0.3 is 10.4 Å². The van der Waals surface area contributed by atoms with Crippen LogP contribution in [0.1, 0.15) is 32.3 Å². The standard InChI is InChI=1S/C19H29N3O/c1-15(2)19(23)11-17-10-18(14-22(13-17)9-8-20)21-12-16-6-4-3-5-7-16/h3-7,15,17-19,21,23H,9-14H2,1-2H3. The van der Waals surface area contributed by atoms with E-state index in [1.807, 2.05) is 6.07 Å². The Labute approximate surface area is 140 Å². The highest BCUT2D eigenvalue weighted by Crippen LogP contribution is 2.24. The molecular formula is C19H29N3O. The van der Waals surface area contributed by atoms with Crippen molar-refractivity contribution >= 4 is 0 Å². The van der Waals surface area contributed by atoms with Gasteiger partial charge in [-0.05, 0) is 30.2 Å². The summed E-state index contributed by atoms with van der Waals surface area (Å²) in [7, 11) is 0. The number of nitrogens with zero attached hydrogens (tertiary/aromatic N) is 2. The van der Waals surface area contributed by atoms with E-state index in [9.17, 15) is 5.11 Å². The number of likely N-dealkylation sites (tertiary alicyclic amines) is 1. The normalized spacial score (nSPS) is 23.6.